The van der Waals surface area contributed by atoms with Crippen molar-refractivity contribution in [2.45, 2.75) is 45.6 Å². The molecule has 0 N–H and O–H groups in total. The molecule has 1 aromatic rings. The molecule has 1 fully saturated rings. The number of likely N-dealkylation sites (N-methyl/N-ethyl adjacent to an activating group) is 1. The molecule has 146 valence electrons. The molecular weight excluding hydrogens is 328 g/mol. The molecule has 1 aromatic carbocycles. The quantitative estimate of drug-likeness (QED) is 0.772. The zero-order chi connectivity index (χ0) is 19.2. The lowest BCUT2D eigenvalue weighted by atomic mass is 9.90. The van der Waals surface area contributed by atoms with Gasteiger partial charge in [0.2, 0.25) is 0 Å². The molecule has 1 amide bonds. The van der Waals surface area contributed by atoms with Crippen LogP contribution in [-0.2, 0) is 11.2 Å². The van der Waals surface area contributed by atoms with Gasteiger partial charge in [0, 0.05) is 19.6 Å². The van der Waals surface area contributed by atoms with Crippen molar-refractivity contribution in [1.82, 2.24) is 9.80 Å². The first kappa shape index (κ1) is 20.6. The molecule has 1 saturated heterocycles. The van der Waals surface area contributed by atoms with Crippen LogP contribution in [0.2, 0.25) is 0 Å². The summed E-state index contributed by atoms with van der Waals surface area (Å²) >= 11 is 0. The van der Waals surface area contributed by atoms with E-state index >= 15 is 0 Å². The molecule has 1 aliphatic rings. The molecule has 0 spiro atoms. The lowest BCUT2D eigenvalue weighted by molar-refractivity contribution is 0.0184. The number of likely N-dealkylation sites (tertiary alicyclic amines) is 1. The summed E-state index contributed by atoms with van der Waals surface area (Å²) in [4.78, 5) is 16.1. The van der Waals surface area contributed by atoms with E-state index in [1.807, 2.05) is 39.8 Å². The number of piperidine rings is 1. The first-order valence-electron chi connectivity index (χ1n) is 9.57. The molecule has 0 unspecified atom stereocenters. The SMILES string of the molecule is CN(C)CCOc1ccc(CC2CCN(C(=O)OC(C)(C)C)CC2)cc1. The van der Waals surface area contributed by atoms with Crippen LogP contribution in [0, 0.1) is 5.92 Å². The third-order valence-corrected chi connectivity index (χ3v) is 4.52. The molecule has 0 radical (unpaired) electrons. The van der Waals surface area contributed by atoms with E-state index in [-0.39, 0.29) is 6.09 Å². The number of nitrogens with zero attached hydrogens (tertiary/aromatic N) is 2. The van der Waals surface area contributed by atoms with Gasteiger partial charge in [0.1, 0.15) is 18.0 Å². The van der Waals surface area contributed by atoms with Gasteiger partial charge in [-0.15, -0.1) is 0 Å². The van der Waals surface area contributed by atoms with Crippen LogP contribution in [0.5, 0.6) is 5.75 Å². The predicted octanol–water partition coefficient (Wildman–Crippen LogP) is 3.82. The van der Waals surface area contributed by atoms with E-state index in [0.717, 1.165) is 44.6 Å². The van der Waals surface area contributed by atoms with Gasteiger partial charge in [-0.1, -0.05) is 12.1 Å². The Balaban J connectivity index is 1.74. The highest BCUT2D eigenvalue weighted by molar-refractivity contribution is 5.68. The number of amides is 1. The van der Waals surface area contributed by atoms with Gasteiger partial charge in [0.25, 0.3) is 0 Å². The van der Waals surface area contributed by atoms with Gasteiger partial charge < -0.3 is 19.3 Å². The number of hydrogen-bond donors (Lipinski definition) is 0. The summed E-state index contributed by atoms with van der Waals surface area (Å²) in [5.74, 6) is 1.55. The number of benzene rings is 1. The topological polar surface area (TPSA) is 42.0 Å². The van der Waals surface area contributed by atoms with E-state index in [2.05, 4.69) is 29.2 Å². The Labute approximate surface area is 158 Å². The van der Waals surface area contributed by atoms with Crippen molar-refractivity contribution in [3.63, 3.8) is 0 Å². The Kier molecular flexibility index (Phi) is 7.33. The van der Waals surface area contributed by atoms with E-state index < -0.39 is 5.60 Å². The fraction of sp³-hybridized carbons (Fsp3) is 0.667. The normalized spacial score (nSPS) is 16.0. The predicted molar refractivity (Wildman–Crippen MR) is 105 cm³/mol. The number of hydrogen-bond acceptors (Lipinski definition) is 4. The second-order valence-corrected chi connectivity index (χ2v) is 8.41. The van der Waals surface area contributed by atoms with Crippen LogP contribution in [0.3, 0.4) is 0 Å². The molecule has 0 aromatic heterocycles. The standard InChI is InChI=1S/C21H34N2O3/c1-21(2,3)26-20(24)23-12-10-18(11-13-23)16-17-6-8-19(9-7-17)25-15-14-22(4)5/h6-9,18H,10-16H2,1-5H3. The Hall–Kier alpha value is -1.75. The van der Waals surface area contributed by atoms with Crippen LogP contribution in [-0.4, -0.2) is 61.8 Å². The minimum absolute atomic E-state index is 0.185. The first-order valence-corrected chi connectivity index (χ1v) is 9.57. The molecule has 1 heterocycles. The number of ether oxygens (including phenoxy) is 2. The van der Waals surface area contributed by atoms with Gasteiger partial charge >= 0.3 is 6.09 Å². The average molecular weight is 363 g/mol. The molecule has 1 aliphatic heterocycles. The number of carbonyl (C=O) groups is 1. The van der Waals surface area contributed by atoms with Gasteiger partial charge in [-0.25, -0.2) is 4.79 Å². The molecule has 0 atom stereocenters. The fourth-order valence-electron chi connectivity index (χ4n) is 3.05. The van der Waals surface area contributed by atoms with Gasteiger partial charge in [0.15, 0.2) is 0 Å². The van der Waals surface area contributed by atoms with Gasteiger partial charge in [0.05, 0.1) is 0 Å². The molecule has 2 rings (SSSR count). The van der Waals surface area contributed by atoms with Crippen LogP contribution in [0.15, 0.2) is 24.3 Å². The molecule has 5 heteroatoms. The van der Waals surface area contributed by atoms with Crippen LogP contribution >= 0.6 is 0 Å². The summed E-state index contributed by atoms with van der Waals surface area (Å²) in [5, 5.41) is 0. The summed E-state index contributed by atoms with van der Waals surface area (Å²) in [7, 11) is 4.08. The zero-order valence-electron chi connectivity index (χ0n) is 17.0. The summed E-state index contributed by atoms with van der Waals surface area (Å²) < 4.78 is 11.2. The molecule has 5 nitrogen and oxygen atoms in total. The van der Waals surface area contributed by atoms with Crippen LogP contribution < -0.4 is 4.74 Å². The van der Waals surface area contributed by atoms with Crippen molar-refractivity contribution < 1.29 is 14.3 Å². The highest BCUT2D eigenvalue weighted by Gasteiger charge is 2.26. The van der Waals surface area contributed by atoms with Crippen molar-refractivity contribution >= 4 is 6.09 Å². The third-order valence-electron chi connectivity index (χ3n) is 4.52. The Morgan fingerprint density at radius 3 is 2.31 bits per heavy atom. The van der Waals surface area contributed by atoms with E-state index in [0.29, 0.717) is 12.5 Å². The summed E-state index contributed by atoms with van der Waals surface area (Å²) in [6.07, 6.45) is 2.93. The molecule has 0 bridgehead atoms. The van der Waals surface area contributed by atoms with E-state index in [4.69, 9.17) is 9.47 Å². The highest BCUT2D eigenvalue weighted by Crippen LogP contribution is 2.24. The maximum absolute atomic E-state index is 12.1. The Morgan fingerprint density at radius 2 is 1.77 bits per heavy atom. The maximum Gasteiger partial charge on any atom is 0.410 e. The number of carbonyl (C=O) groups excluding carboxylic acids is 1. The van der Waals surface area contributed by atoms with Crippen LogP contribution in [0.4, 0.5) is 4.79 Å². The molecular formula is C21H34N2O3. The van der Waals surface area contributed by atoms with E-state index in [1.165, 1.54) is 5.56 Å². The lowest BCUT2D eigenvalue weighted by Gasteiger charge is -2.33. The minimum atomic E-state index is -0.426. The highest BCUT2D eigenvalue weighted by atomic mass is 16.6. The Bertz CT molecular complexity index is 556. The molecule has 0 saturated carbocycles. The van der Waals surface area contributed by atoms with Crippen molar-refractivity contribution in [1.29, 1.82) is 0 Å². The van der Waals surface area contributed by atoms with Crippen LogP contribution in [0.1, 0.15) is 39.2 Å². The van der Waals surface area contributed by atoms with Crippen molar-refractivity contribution in [2.24, 2.45) is 5.92 Å². The molecule has 0 aliphatic carbocycles. The number of rotatable bonds is 6. The van der Waals surface area contributed by atoms with Crippen molar-refractivity contribution in [2.75, 3.05) is 40.3 Å². The minimum Gasteiger partial charge on any atom is -0.492 e. The van der Waals surface area contributed by atoms with Crippen molar-refractivity contribution in [3.05, 3.63) is 29.8 Å². The third kappa shape index (κ3) is 7.24. The smallest absolute Gasteiger partial charge is 0.410 e. The summed E-state index contributed by atoms with van der Waals surface area (Å²) in [6, 6.07) is 8.43. The zero-order valence-corrected chi connectivity index (χ0v) is 17.0. The molecule has 26 heavy (non-hydrogen) atoms. The maximum atomic E-state index is 12.1. The van der Waals surface area contributed by atoms with E-state index in [9.17, 15) is 4.79 Å². The van der Waals surface area contributed by atoms with Gasteiger partial charge in [-0.2, -0.15) is 0 Å². The second kappa shape index (κ2) is 9.26. The average Bonchev–Trinajstić information content (AvgIpc) is 2.55. The second-order valence-electron chi connectivity index (χ2n) is 8.41. The van der Waals surface area contributed by atoms with Crippen molar-refractivity contribution in [3.8, 4) is 5.75 Å². The first-order chi connectivity index (χ1) is 12.2. The van der Waals surface area contributed by atoms with E-state index in [1.54, 1.807) is 0 Å². The van der Waals surface area contributed by atoms with Gasteiger partial charge in [-0.05, 0) is 77.7 Å². The summed E-state index contributed by atoms with van der Waals surface area (Å²) in [6.45, 7) is 8.91. The van der Waals surface area contributed by atoms with Gasteiger partial charge in [-0.3, -0.25) is 0 Å². The monoisotopic (exact) mass is 362 g/mol. The lowest BCUT2D eigenvalue weighted by Crippen LogP contribution is -2.42. The Morgan fingerprint density at radius 1 is 1.15 bits per heavy atom. The summed E-state index contributed by atoms with van der Waals surface area (Å²) in [5.41, 5.74) is 0.908. The largest absolute Gasteiger partial charge is 0.492 e. The fourth-order valence-corrected chi connectivity index (χ4v) is 3.05. The van der Waals surface area contributed by atoms with Crippen LogP contribution in [0.25, 0.3) is 0 Å².